The zero-order valence-electron chi connectivity index (χ0n) is 17.7. The van der Waals surface area contributed by atoms with Crippen LogP contribution in [-0.2, 0) is 16.1 Å². The van der Waals surface area contributed by atoms with Crippen molar-refractivity contribution >= 4 is 12.2 Å². The predicted octanol–water partition coefficient (Wildman–Crippen LogP) is 2.44. The van der Waals surface area contributed by atoms with Crippen molar-refractivity contribution < 1.29 is 23.4 Å². The van der Waals surface area contributed by atoms with Gasteiger partial charge in [-0.1, -0.05) is 6.07 Å². The molecule has 31 heavy (non-hydrogen) atoms. The molecule has 0 radical (unpaired) electrons. The molecule has 4 rings (SSSR count). The van der Waals surface area contributed by atoms with Crippen molar-refractivity contribution in [1.29, 1.82) is 0 Å². The quantitative estimate of drug-likeness (QED) is 0.599. The van der Waals surface area contributed by atoms with E-state index < -0.39 is 6.23 Å². The lowest BCUT2D eigenvalue weighted by Crippen LogP contribution is -2.60. The van der Waals surface area contributed by atoms with Crippen molar-refractivity contribution in [3.63, 3.8) is 0 Å². The number of ether oxygens (including phenoxy) is 3. The van der Waals surface area contributed by atoms with Crippen LogP contribution in [0.1, 0.15) is 17.5 Å². The highest BCUT2D eigenvalue weighted by molar-refractivity contribution is 5.95. The molecule has 1 fully saturated rings. The zero-order chi connectivity index (χ0) is 22.0. The summed E-state index contributed by atoms with van der Waals surface area (Å²) < 4.78 is 31.2. The third-order valence-corrected chi connectivity index (χ3v) is 5.09. The lowest BCUT2D eigenvalue weighted by molar-refractivity contribution is -0.218. The minimum Gasteiger partial charge on any atom is -0.497 e. The zero-order valence-corrected chi connectivity index (χ0v) is 17.7. The predicted molar refractivity (Wildman–Crippen MR) is 112 cm³/mol. The number of benzene rings is 2. The number of nitrogens with zero attached hydrogens (tertiary/aromatic N) is 4. The number of methoxy groups -OCH3 is 1. The second-order valence-corrected chi connectivity index (χ2v) is 7.61. The van der Waals surface area contributed by atoms with Crippen LogP contribution in [0.2, 0.25) is 0 Å². The molecule has 2 aromatic carbocycles. The summed E-state index contributed by atoms with van der Waals surface area (Å²) in [4.78, 5) is 13.5. The highest BCUT2D eigenvalue weighted by atomic mass is 19.1. The molecule has 0 aromatic heterocycles. The molecule has 0 spiro atoms. The van der Waals surface area contributed by atoms with Gasteiger partial charge in [-0.3, -0.25) is 4.79 Å². The van der Waals surface area contributed by atoms with Crippen LogP contribution < -0.4 is 9.47 Å². The number of carbonyl (C=O) groups excluding carboxylic acids is 1. The first-order valence-corrected chi connectivity index (χ1v) is 9.99. The molecule has 2 heterocycles. The fraction of sp³-hybridized carbons (Fsp3) is 0.364. The van der Waals surface area contributed by atoms with Gasteiger partial charge in [-0.05, 0) is 44.4 Å². The van der Waals surface area contributed by atoms with E-state index in [1.807, 2.05) is 31.1 Å². The molecule has 2 aromatic rings. The monoisotopic (exact) mass is 428 g/mol. The Morgan fingerprint density at radius 1 is 1.23 bits per heavy atom. The number of hydrogen-bond acceptors (Lipinski definition) is 8. The van der Waals surface area contributed by atoms with Crippen molar-refractivity contribution in [3.05, 3.63) is 59.4 Å². The van der Waals surface area contributed by atoms with Crippen LogP contribution in [0.25, 0.3) is 0 Å². The summed E-state index contributed by atoms with van der Waals surface area (Å²) in [5.74, 6) is 1.17. The molecule has 0 saturated carbocycles. The smallest absolute Gasteiger partial charge is 0.260 e. The lowest BCUT2D eigenvalue weighted by Gasteiger charge is -2.44. The Kier molecular flexibility index (Phi) is 6.06. The first kappa shape index (κ1) is 21.1. The summed E-state index contributed by atoms with van der Waals surface area (Å²) in [6, 6.07) is 12.1. The van der Waals surface area contributed by atoms with E-state index in [0.717, 1.165) is 12.0 Å². The molecule has 1 saturated heterocycles. The molecule has 164 valence electrons. The van der Waals surface area contributed by atoms with Crippen LogP contribution in [-0.4, -0.2) is 67.4 Å². The third-order valence-electron chi connectivity index (χ3n) is 5.09. The Balaban J connectivity index is 1.46. The molecule has 2 aliphatic heterocycles. The van der Waals surface area contributed by atoms with Crippen LogP contribution in [0, 0.1) is 5.82 Å². The summed E-state index contributed by atoms with van der Waals surface area (Å²) >= 11 is 0. The molecular weight excluding hydrogens is 403 g/mol. The molecule has 9 heteroatoms. The first-order valence-electron chi connectivity index (χ1n) is 9.99. The van der Waals surface area contributed by atoms with E-state index in [1.54, 1.807) is 36.4 Å². The van der Waals surface area contributed by atoms with E-state index in [2.05, 4.69) is 5.10 Å². The van der Waals surface area contributed by atoms with E-state index >= 15 is 0 Å². The second kappa shape index (κ2) is 8.91. The van der Waals surface area contributed by atoms with Crippen LogP contribution in [0.5, 0.6) is 11.5 Å². The van der Waals surface area contributed by atoms with Crippen molar-refractivity contribution in [1.82, 2.24) is 15.0 Å². The van der Waals surface area contributed by atoms with Gasteiger partial charge in [0, 0.05) is 36.7 Å². The van der Waals surface area contributed by atoms with Gasteiger partial charge in [0.1, 0.15) is 17.3 Å². The van der Waals surface area contributed by atoms with E-state index in [4.69, 9.17) is 14.2 Å². The average molecular weight is 428 g/mol. The summed E-state index contributed by atoms with van der Waals surface area (Å²) in [5, 5.41) is 7.74. The van der Waals surface area contributed by atoms with Crippen molar-refractivity contribution in [2.75, 3.05) is 27.7 Å². The summed E-state index contributed by atoms with van der Waals surface area (Å²) in [6.45, 7) is 1.15. The Morgan fingerprint density at radius 2 is 1.97 bits per heavy atom. The Hall–Kier alpha value is -3.17. The third kappa shape index (κ3) is 4.47. The van der Waals surface area contributed by atoms with Gasteiger partial charge in [0.25, 0.3) is 6.23 Å². The van der Waals surface area contributed by atoms with Crippen molar-refractivity contribution in [2.45, 2.75) is 25.4 Å². The van der Waals surface area contributed by atoms with Gasteiger partial charge in [-0.15, -0.1) is 5.10 Å². The number of carbonyl (C=O) groups is 1. The summed E-state index contributed by atoms with van der Waals surface area (Å²) in [7, 11) is 5.37. The maximum atomic E-state index is 14.4. The number of aldehydes is 1. The number of hydrazine groups is 1. The molecule has 0 amide bonds. The van der Waals surface area contributed by atoms with E-state index in [-0.39, 0.29) is 12.0 Å². The number of hydrazone groups is 1. The Labute approximate surface area is 180 Å². The molecule has 8 nitrogen and oxygen atoms in total. The van der Waals surface area contributed by atoms with Crippen LogP contribution in [0.4, 0.5) is 4.39 Å². The molecule has 0 aliphatic carbocycles. The Bertz CT molecular complexity index is 966. The van der Waals surface area contributed by atoms with Gasteiger partial charge < -0.3 is 19.1 Å². The molecular formula is C22H25FN4O4. The molecule has 2 unspecified atom stereocenters. The molecule has 0 bridgehead atoms. The van der Waals surface area contributed by atoms with Gasteiger partial charge in [-0.2, -0.15) is 10.1 Å². The van der Waals surface area contributed by atoms with E-state index in [0.29, 0.717) is 42.3 Å². The maximum absolute atomic E-state index is 14.4. The highest BCUT2D eigenvalue weighted by Crippen LogP contribution is 2.30. The van der Waals surface area contributed by atoms with Gasteiger partial charge in [-0.25, -0.2) is 4.39 Å². The molecule has 2 aliphatic rings. The lowest BCUT2D eigenvalue weighted by atomic mass is 10.2. The van der Waals surface area contributed by atoms with Gasteiger partial charge >= 0.3 is 0 Å². The van der Waals surface area contributed by atoms with E-state index in [9.17, 15) is 9.18 Å². The topological polar surface area (TPSA) is 66.8 Å². The number of halogens is 1. The van der Waals surface area contributed by atoms with Gasteiger partial charge in [0.2, 0.25) is 5.90 Å². The fourth-order valence-corrected chi connectivity index (χ4v) is 3.41. The standard InChI is InChI=1S/C22H25FN4O4/c1-25(2)13-16-6-9-18(12-19(16)23)30-20-10-11-26(20)27-21(14-28)31-22(24-27)15-4-7-17(29-3)8-5-15/h4-9,12,14,20-21H,10-11,13H2,1-3H3. The minimum atomic E-state index is -0.886. The second-order valence-electron chi connectivity index (χ2n) is 7.61. The highest BCUT2D eigenvalue weighted by Gasteiger charge is 2.42. The van der Waals surface area contributed by atoms with E-state index in [1.165, 1.54) is 11.2 Å². The first-order chi connectivity index (χ1) is 15.0. The van der Waals surface area contributed by atoms with Crippen molar-refractivity contribution in [2.24, 2.45) is 5.10 Å². The van der Waals surface area contributed by atoms with Crippen LogP contribution in [0.3, 0.4) is 0 Å². The average Bonchev–Trinajstić information content (AvgIpc) is 3.16. The molecule has 2 atom stereocenters. The number of hydrogen-bond donors (Lipinski definition) is 0. The summed E-state index contributed by atoms with van der Waals surface area (Å²) in [6.07, 6.45) is 0.147. The van der Waals surface area contributed by atoms with Gasteiger partial charge in [0.15, 0.2) is 12.5 Å². The van der Waals surface area contributed by atoms with Gasteiger partial charge in [0.05, 0.1) is 7.11 Å². The van der Waals surface area contributed by atoms with Crippen LogP contribution >= 0.6 is 0 Å². The SMILES string of the molecule is COc1ccc(C2=NN(N3CCC3Oc3ccc(CN(C)C)c(F)c3)C(C=O)O2)cc1. The maximum Gasteiger partial charge on any atom is 0.260 e. The molecule has 0 N–H and O–H groups in total. The largest absolute Gasteiger partial charge is 0.497 e. The normalized spacial score (nSPS) is 20.8. The summed E-state index contributed by atoms with van der Waals surface area (Å²) in [5.41, 5.74) is 1.33. The fourth-order valence-electron chi connectivity index (χ4n) is 3.41. The number of rotatable bonds is 8. The van der Waals surface area contributed by atoms with Crippen LogP contribution in [0.15, 0.2) is 47.6 Å². The Morgan fingerprint density at radius 3 is 2.55 bits per heavy atom. The van der Waals surface area contributed by atoms with Crippen molar-refractivity contribution in [3.8, 4) is 11.5 Å². The minimum absolute atomic E-state index is 0.313.